The van der Waals surface area contributed by atoms with E-state index in [0.29, 0.717) is 0 Å². The molecule has 0 atom stereocenters. The minimum Gasteiger partial charge on any atom is -0.497 e. The van der Waals surface area contributed by atoms with Gasteiger partial charge in [-0.25, -0.2) is 0 Å². The van der Waals surface area contributed by atoms with E-state index in [1.807, 2.05) is 18.2 Å². The number of anilines is 1. The molecule has 0 fully saturated rings. The molecule has 2 aromatic carbocycles. The first-order valence-corrected chi connectivity index (χ1v) is 7.06. The third kappa shape index (κ3) is 3.20. The van der Waals surface area contributed by atoms with E-state index in [4.69, 9.17) is 4.74 Å². The van der Waals surface area contributed by atoms with E-state index < -0.39 is 0 Å². The lowest BCUT2D eigenvalue weighted by atomic mass is 10.2. The number of hydrogen-bond acceptors (Lipinski definition) is 3. The molecule has 3 heteroatoms. The maximum Gasteiger partial charge on any atom is 0.119 e. The van der Waals surface area contributed by atoms with Crippen LogP contribution in [0.25, 0.3) is 0 Å². The van der Waals surface area contributed by atoms with E-state index in [1.165, 1.54) is 16.1 Å². The van der Waals surface area contributed by atoms with Crippen molar-refractivity contribution in [3.8, 4) is 5.75 Å². The number of hydrogen-bond donors (Lipinski definition) is 1. The molecule has 94 valence electrons. The van der Waals surface area contributed by atoms with Gasteiger partial charge in [0.25, 0.3) is 0 Å². The Labute approximate surface area is 112 Å². The van der Waals surface area contributed by atoms with Crippen LogP contribution in [0.1, 0.15) is 5.56 Å². The summed E-state index contributed by atoms with van der Waals surface area (Å²) in [4.78, 5) is 1.26. The number of benzene rings is 2. The molecule has 0 radical (unpaired) electrons. The molecule has 2 rings (SSSR count). The van der Waals surface area contributed by atoms with Gasteiger partial charge in [-0.05, 0) is 36.1 Å². The van der Waals surface area contributed by atoms with E-state index in [0.717, 1.165) is 12.3 Å². The van der Waals surface area contributed by atoms with Gasteiger partial charge in [0.05, 0.1) is 7.11 Å². The second-order valence-corrected chi connectivity index (χ2v) is 4.75. The third-order valence-electron chi connectivity index (χ3n) is 2.72. The van der Waals surface area contributed by atoms with Crippen LogP contribution in [0.15, 0.2) is 53.4 Å². The van der Waals surface area contributed by atoms with Gasteiger partial charge in [0.2, 0.25) is 0 Å². The summed E-state index contributed by atoms with van der Waals surface area (Å²) >= 11 is 1.75. The summed E-state index contributed by atoms with van der Waals surface area (Å²) in [5, 5.41) is 3.46. The Morgan fingerprint density at radius 3 is 2.72 bits per heavy atom. The summed E-state index contributed by atoms with van der Waals surface area (Å²) in [5.41, 5.74) is 2.39. The standard InChI is InChI=1S/C15H17NOS/c1-17-13-7-5-6-12(10-13)11-16-14-8-3-4-9-15(14)18-2/h3-10,16H,11H2,1-2H3. The number of nitrogens with one attached hydrogen (secondary N) is 1. The fraction of sp³-hybridized carbons (Fsp3) is 0.200. The Bertz CT molecular complexity index is 513. The van der Waals surface area contributed by atoms with Crippen molar-refractivity contribution in [1.29, 1.82) is 0 Å². The van der Waals surface area contributed by atoms with Crippen LogP contribution in [0.4, 0.5) is 5.69 Å². The Kier molecular flexibility index (Phi) is 4.53. The van der Waals surface area contributed by atoms with Crippen LogP contribution in [-0.2, 0) is 6.54 Å². The average molecular weight is 259 g/mol. The molecule has 18 heavy (non-hydrogen) atoms. The molecule has 0 saturated carbocycles. The van der Waals surface area contributed by atoms with Crippen molar-refractivity contribution in [3.63, 3.8) is 0 Å². The van der Waals surface area contributed by atoms with Crippen LogP contribution < -0.4 is 10.1 Å². The van der Waals surface area contributed by atoms with E-state index in [1.54, 1.807) is 18.9 Å². The fourth-order valence-electron chi connectivity index (χ4n) is 1.77. The molecule has 0 aromatic heterocycles. The van der Waals surface area contributed by atoms with Crippen molar-refractivity contribution in [2.45, 2.75) is 11.4 Å². The van der Waals surface area contributed by atoms with Crippen LogP contribution in [0, 0.1) is 0 Å². The molecular formula is C15H17NOS. The van der Waals surface area contributed by atoms with E-state index >= 15 is 0 Å². The fourth-order valence-corrected chi connectivity index (χ4v) is 2.35. The Balaban J connectivity index is 2.06. The highest BCUT2D eigenvalue weighted by atomic mass is 32.2. The summed E-state index contributed by atoms with van der Waals surface area (Å²) in [5.74, 6) is 0.896. The van der Waals surface area contributed by atoms with Crippen LogP contribution in [0.2, 0.25) is 0 Å². The third-order valence-corrected chi connectivity index (χ3v) is 3.52. The number of ether oxygens (including phenoxy) is 1. The summed E-state index contributed by atoms with van der Waals surface area (Å²) < 4.78 is 5.22. The number of rotatable bonds is 5. The Morgan fingerprint density at radius 1 is 1.11 bits per heavy atom. The van der Waals surface area contributed by atoms with E-state index in [2.05, 4.69) is 41.9 Å². The zero-order valence-electron chi connectivity index (χ0n) is 10.6. The molecule has 0 unspecified atom stereocenters. The minimum atomic E-state index is 0.800. The molecule has 0 spiro atoms. The van der Waals surface area contributed by atoms with Crippen molar-refractivity contribution in [1.82, 2.24) is 0 Å². The summed E-state index contributed by atoms with van der Waals surface area (Å²) in [6.07, 6.45) is 2.09. The van der Waals surface area contributed by atoms with Gasteiger partial charge in [0.1, 0.15) is 5.75 Å². The number of para-hydroxylation sites is 1. The molecule has 2 aromatic rings. The minimum absolute atomic E-state index is 0.800. The molecular weight excluding hydrogens is 242 g/mol. The van der Waals surface area contributed by atoms with Crippen molar-refractivity contribution in [2.24, 2.45) is 0 Å². The summed E-state index contributed by atoms with van der Waals surface area (Å²) in [7, 11) is 1.69. The molecule has 0 aliphatic rings. The zero-order valence-corrected chi connectivity index (χ0v) is 11.5. The molecule has 1 N–H and O–H groups in total. The SMILES string of the molecule is COc1cccc(CNc2ccccc2SC)c1. The van der Waals surface area contributed by atoms with Crippen molar-refractivity contribution in [3.05, 3.63) is 54.1 Å². The molecule has 0 heterocycles. The van der Waals surface area contributed by atoms with Gasteiger partial charge in [-0.2, -0.15) is 0 Å². The van der Waals surface area contributed by atoms with Crippen LogP contribution in [-0.4, -0.2) is 13.4 Å². The van der Waals surface area contributed by atoms with Gasteiger partial charge in [0, 0.05) is 17.1 Å². The number of methoxy groups -OCH3 is 1. The Morgan fingerprint density at radius 2 is 1.94 bits per heavy atom. The van der Waals surface area contributed by atoms with Crippen molar-refractivity contribution < 1.29 is 4.74 Å². The molecule has 0 bridgehead atoms. The second-order valence-electron chi connectivity index (χ2n) is 3.91. The smallest absolute Gasteiger partial charge is 0.119 e. The highest BCUT2D eigenvalue weighted by Gasteiger charge is 2.00. The van der Waals surface area contributed by atoms with Gasteiger partial charge in [0.15, 0.2) is 0 Å². The number of thioether (sulfide) groups is 1. The predicted molar refractivity (Wildman–Crippen MR) is 78.5 cm³/mol. The lowest BCUT2D eigenvalue weighted by molar-refractivity contribution is 0.414. The lowest BCUT2D eigenvalue weighted by Crippen LogP contribution is -2.00. The van der Waals surface area contributed by atoms with Gasteiger partial charge in [-0.3, -0.25) is 0 Å². The largest absolute Gasteiger partial charge is 0.497 e. The van der Waals surface area contributed by atoms with Gasteiger partial charge in [-0.15, -0.1) is 11.8 Å². The van der Waals surface area contributed by atoms with Gasteiger partial charge in [-0.1, -0.05) is 24.3 Å². The van der Waals surface area contributed by atoms with Crippen molar-refractivity contribution >= 4 is 17.4 Å². The first-order valence-electron chi connectivity index (χ1n) is 5.83. The van der Waals surface area contributed by atoms with Gasteiger partial charge >= 0.3 is 0 Å². The molecule has 0 aliphatic carbocycles. The zero-order chi connectivity index (χ0) is 12.8. The highest BCUT2D eigenvalue weighted by molar-refractivity contribution is 7.98. The van der Waals surface area contributed by atoms with Crippen LogP contribution in [0.5, 0.6) is 5.75 Å². The average Bonchev–Trinajstić information content (AvgIpc) is 2.45. The molecule has 0 aliphatic heterocycles. The molecule has 0 saturated heterocycles. The highest BCUT2D eigenvalue weighted by Crippen LogP contribution is 2.25. The monoisotopic (exact) mass is 259 g/mol. The predicted octanol–water partition coefficient (Wildman–Crippen LogP) is 4.03. The second kappa shape index (κ2) is 6.36. The van der Waals surface area contributed by atoms with Gasteiger partial charge < -0.3 is 10.1 Å². The normalized spacial score (nSPS) is 10.1. The van der Waals surface area contributed by atoms with E-state index in [9.17, 15) is 0 Å². The van der Waals surface area contributed by atoms with Crippen molar-refractivity contribution in [2.75, 3.05) is 18.7 Å². The lowest BCUT2D eigenvalue weighted by Gasteiger charge is -2.11. The first kappa shape index (κ1) is 12.8. The van der Waals surface area contributed by atoms with Crippen LogP contribution in [0.3, 0.4) is 0 Å². The van der Waals surface area contributed by atoms with E-state index in [-0.39, 0.29) is 0 Å². The summed E-state index contributed by atoms with van der Waals surface area (Å²) in [6.45, 7) is 0.800. The summed E-state index contributed by atoms with van der Waals surface area (Å²) in [6, 6.07) is 16.4. The Hall–Kier alpha value is -1.61. The van der Waals surface area contributed by atoms with Crippen LogP contribution >= 0.6 is 11.8 Å². The molecule has 2 nitrogen and oxygen atoms in total. The quantitative estimate of drug-likeness (QED) is 0.819. The topological polar surface area (TPSA) is 21.3 Å². The first-order chi connectivity index (χ1) is 8.83. The maximum absolute atomic E-state index is 5.22. The molecule has 0 amide bonds. The maximum atomic E-state index is 5.22.